The van der Waals surface area contributed by atoms with Crippen LogP contribution in [0.2, 0.25) is 5.02 Å². The maximum Gasteiger partial charge on any atom is 0.241 e. The van der Waals surface area contributed by atoms with Crippen LogP contribution < -0.4 is 15.5 Å². The fourth-order valence-electron chi connectivity index (χ4n) is 2.30. The van der Waals surface area contributed by atoms with Crippen molar-refractivity contribution in [3.63, 3.8) is 0 Å². The second-order valence-corrected chi connectivity index (χ2v) is 5.54. The molecule has 0 saturated carbocycles. The van der Waals surface area contributed by atoms with E-state index >= 15 is 0 Å². The van der Waals surface area contributed by atoms with Gasteiger partial charge in [0.2, 0.25) is 5.91 Å². The van der Waals surface area contributed by atoms with E-state index in [9.17, 15) is 4.79 Å². The number of benzene rings is 1. The summed E-state index contributed by atoms with van der Waals surface area (Å²) in [5.41, 5.74) is 1.64. The number of carbonyl (C=O) groups is 1. The third-order valence-corrected chi connectivity index (χ3v) is 3.67. The molecule has 1 aliphatic rings. The Kier molecular flexibility index (Phi) is 4.86. The first-order valence-corrected chi connectivity index (χ1v) is 6.93. The van der Waals surface area contributed by atoms with E-state index in [1.165, 1.54) is 0 Å². The summed E-state index contributed by atoms with van der Waals surface area (Å²) in [5, 5.41) is 6.69. The van der Waals surface area contributed by atoms with E-state index in [1.54, 1.807) is 19.2 Å². The van der Waals surface area contributed by atoms with Crippen LogP contribution in [-0.2, 0) is 9.53 Å². The molecule has 2 rings (SSSR count). The highest BCUT2D eigenvalue weighted by Gasteiger charge is 2.29. The molecule has 1 aromatic rings. The van der Waals surface area contributed by atoms with Crippen LogP contribution in [0, 0.1) is 0 Å². The van der Waals surface area contributed by atoms with Gasteiger partial charge in [-0.15, -0.1) is 0 Å². The first-order valence-electron chi connectivity index (χ1n) is 6.55. The molecule has 20 heavy (non-hydrogen) atoms. The van der Waals surface area contributed by atoms with Crippen molar-refractivity contribution in [1.29, 1.82) is 0 Å². The predicted octanol–water partition coefficient (Wildman–Crippen LogP) is 1.72. The summed E-state index contributed by atoms with van der Waals surface area (Å²) in [6.45, 7) is 0.699. The highest BCUT2D eigenvalue weighted by Crippen LogP contribution is 2.28. The van der Waals surface area contributed by atoms with Crippen LogP contribution in [0.5, 0.6) is 0 Å². The predicted molar refractivity (Wildman–Crippen MR) is 81.6 cm³/mol. The average molecular weight is 298 g/mol. The second-order valence-electron chi connectivity index (χ2n) is 5.10. The number of rotatable bonds is 4. The van der Waals surface area contributed by atoms with Crippen LogP contribution in [0.3, 0.4) is 0 Å². The molecular formula is C14H20ClN3O2. The summed E-state index contributed by atoms with van der Waals surface area (Å²) in [4.78, 5) is 14.2. The zero-order chi connectivity index (χ0) is 14.7. The molecule has 1 aromatic carbocycles. The van der Waals surface area contributed by atoms with Gasteiger partial charge in [-0.3, -0.25) is 4.79 Å². The molecular weight excluding hydrogens is 278 g/mol. The summed E-state index contributed by atoms with van der Waals surface area (Å²) in [7, 11) is 5.51. The maximum atomic E-state index is 12.3. The quantitative estimate of drug-likeness (QED) is 0.888. The van der Waals surface area contributed by atoms with Crippen molar-refractivity contribution in [3.05, 3.63) is 23.2 Å². The Balaban J connectivity index is 2.09. The Hall–Kier alpha value is -1.30. The molecule has 0 aliphatic carbocycles. The lowest BCUT2D eigenvalue weighted by molar-refractivity contribution is -0.118. The van der Waals surface area contributed by atoms with E-state index in [-0.39, 0.29) is 18.1 Å². The molecule has 110 valence electrons. The SMILES string of the molecule is COC1CNC(C(=O)Nc2cc(Cl)ccc2N(C)C)C1. The molecule has 0 aromatic heterocycles. The minimum atomic E-state index is -0.228. The molecule has 1 amide bonds. The topological polar surface area (TPSA) is 53.6 Å². The molecule has 0 spiro atoms. The van der Waals surface area contributed by atoms with Gasteiger partial charge in [0.05, 0.1) is 23.5 Å². The number of hydrogen-bond acceptors (Lipinski definition) is 4. The zero-order valence-electron chi connectivity index (χ0n) is 11.9. The van der Waals surface area contributed by atoms with Crippen LogP contribution in [0.15, 0.2) is 18.2 Å². The lowest BCUT2D eigenvalue weighted by Crippen LogP contribution is -2.35. The summed E-state index contributed by atoms with van der Waals surface area (Å²) in [5.74, 6) is -0.0603. The summed E-state index contributed by atoms with van der Waals surface area (Å²) in [6, 6.07) is 5.23. The highest BCUT2D eigenvalue weighted by molar-refractivity contribution is 6.31. The fourth-order valence-corrected chi connectivity index (χ4v) is 2.47. The standard InChI is InChI=1S/C14H20ClN3O2/c1-18(2)13-5-4-9(15)6-11(13)17-14(19)12-7-10(20-3)8-16-12/h4-6,10,12,16H,7-8H2,1-3H3,(H,17,19). The Morgan fingerprint density at radius 1 is 1.50 bits per heavy atom. The summed E-state index contributed by atoms with van der Waals surface area (Å²) < 4.78 is 5.25. The first-order chi connectivity index (χ1) is 9.51. The molecule has 1 aliphatic heterocycles. The number of nitrogens with zero attached hydrogens (tertiary/aromatic N) is 1. The molecule has 6 heteroatoms. The van der Waals surface area contributed by atoms with E-state index < -0.39 is 0 Å². The fraction of sp³-hybridized carbons (Fsp3) is 0.500. The number of halogens is 1. The molecule has 0 radical (unpaired) electrons. The third kappa shape index (κ3) is 3.42. The van der Waals surface area contributed by atoms with Crippen LogP contribution in [0.1, 0.15) is 6.42 Å². The minimum absolute atomic E-state index is 0.0603. The molecule has 1 fully saturated rings. The number of methoxy groups -OCH3 is 1. The largest absolute Gasteiger partial charge is 0.380 e. The Morgan fingerprint density at radius 3 is 2.85 bits per heavy atom. The van der Waals surface area contributed by atoms with Crippen molar-refractivity contribution < 1.29 is 9.53 Å². The van der Waals surface area contributed by atoms with Gasteiger partial charge in [-0.05, 0) is 24.6 Å². The van der Waals surface area contributed by atoms with Crippen LogP contribution >= 0.6 is 11.6 Å². The maximum absolute atomic E-state index is 12.3. The number of hydrogen-bond donors (Lipinski definition) is 2. The molecule has 2 unspecified atom stereocenters. The molecule has 1 heterocycles. The Morgan fingerprint density at radius 2 is 2.25 bits per heavy atom. The number of nitrogens with one attached hydrogen (secondary N) is 2. The lowest BCUT2D eigenvalue weighted by atomic mass is 10.1. The third-order valence-electron chi connectivity index (χ3n) is 3.44. The van der Waals surface area contributed by atoms with E-state index in [0.717, 1.165) is 11.4 Å². The Bertz CT molecular complexity index is 493. The number of carbonyl (C=O) groups excluding carboxylic acids is 1. The van der Waals surface area contributed by atoms with E-state index in [2.05, 4.69) is 10.6 Å². The number of amides is 1. The van der Waals surface area contributed by atoms with Gasteiger partial charge in [-0.25, -0.2) is 0 Å². The van der Waals surface area contributed by atoms with Gasteiger partial charge in [0.25, 0.3) is 0 Å². The zero-order valence-corrected chi connectivity index (χ0v) is 12.7. The van der Waals surface area contributed by atoms with Gasteiger partial charge in [-0.1, -0.05) is 11.6 Å². The van der Waals surface area contributed by atoms with Gasteiger partial charge < -0.3 is 20.3 Å². The van der Waals surface area contributed by atoms with E-state index in [0.29, 0.717) is 18.0 Å². The van der Waals surface area contributed by atoms with Crippen molar-refractivity contribution in [2.75, 3.05) is 38.0 Å². The summed E-state index contributed by atoms with van der Waals surface area (Å²) >= 11 is 6.00. The normalized spacial score (nSPS) is 21.8. The van der Waals surface area contributed by atoms with Gasteiger partial charge in [-0.2, -0.15) is 0 Å². The average Bonchev–Trinajstić information content (AvgIpc) is 2.87. The lowest BCUT2D eigenvalue weighted by Gasteiger charge is -2.19. The minimum Gasteiger partial charge on any atom is -0.380 e. The van der Waals surface area contributed by atoms with Crippen molar-refractivity contribution >= 4 is 28.9 Å². The molecule has 0 bridgehead atoms. The van der Waals surface area contributed by atoms with Gasteiger partial charge >= 0.3 is 0 Å². The van der Waals surface area contributed by atoms with E-state index in [4.69, 9.17) is 16.3 Å². The first kappa shape index (κ1) is 15.1. The van der Waals surface area contributed by atoms with Gasteiger partial charge in [0, 0.05) is 32.8 Å². The van der Waals surface area contributed by atoms with Crippen molar-refractivity contribution in [3.8, 4) is 0 Å². The molecule has 2 N–H and O–H groups in total. The molecule has 1 saturated heterocycles. The molecule has 5 nitrogen and oxygen atoms in total. The highest BCUT2D eigenvalue weighted by atomic mass is 35.5. The Labute approximate surface area is 124 Å². The number of anilines is 2. The summed E-state index contributed by atoms with van der Waals surface area (Å²) in [6.07, 6.45) is 0.777. The van der Waals surface area contributed by atoms with Crippen molar-refractivity contribution in [2.45, 2.75) is 18.6 Å². The molecule has 2 atom stereocenters. The van der Waals surface area contributed by atoms with E-state index in [1.807, 2.05) is 25.1 Å². The van der Waals surface area contributed by atoms with Crippen LogP contribution in [0.25, 0.3) is 0 Å². The van der Waals surface area contributed by atoms with Crippen molar-refractivity contribution in [1.82, 2.24) is 5.32 Å². The monoisotopic (exact) mass is 297 g/mol. The number of ether oxygens (including phenoxy) is 1. The van der Waals surface area contributed by atoms with Gasteiger partial charge in [0.1, 0.15) is 0 Å². The second kappa shape index (κ2) is 6.43. The van der Waals surface area contributed by atoms with Crippen molar-refractivity contribution in [2.24, 2.45) is 0 Å². The van der Waals surface area contributed by atoms with Gasteiger partial charge in [0.15, 0.2) is 0 Å². The van der Waals surface area contributed by atoms with Crippen LogP contribution in [0.4, 0.5) is 11.4 Å². The smallest absolute Gasteiger partial charge is 0.241 e. The van der Waals surface area contributed by atoms with Crippen LogP contribution in [-0.4, -0.2) is 45.8 Å².